The van der Waals surface area contributed by atoms with Crippen LogP contribution < -0.4 is 11.0 Å². The maximum atomic E-state index is 12.9. The number of carbonyl (C=O) groups excluding carboxylic acids is 1. The molecule has 3 aromatic rings. The SMILES string of the molecule is O=C(CSCc1ccc(F)cc1)Nn1c(=S)[nH]c2sc3c(c2c1=O)CCC3. The van der Waals surface area contributed by atoms with Crippen molar-refractivity contribution in [2.24, 2.45) is 0 Å². The lowest BCUT2D eigenvalue weighted by molar-refractivity contribution is -0.114. The van der Waals surface area contributed by atoms with Gasteiger partial charge in [0.05, 0.1) is 11.1 Å². The third-order valence-corrected chi connectivity index (χ3v) is 6.91. The second kappa shape index (κ2) is 7.57. The molecule has 5 nitrogen and oxygen atoms in total. The van der Waals surface area contributed by atoms with E-state index in [1.807, 2.05) is 0 Å². The minimum absolute atomic E-state index is 0.165. The van der Waals surface area contributed by atoms with E-state index >= 15 is 0 Å². The van der Waals surface area contributed by atoms with E-state index in [1.165, 1.54) is 28.8 Å². The van der Waals surface area contributed by atoms with Gasteiger partial charge >= 0.3 is 0 Å². The highest BCUT2D eigenvalue weighted by molar-refractivity contribution is 7.99. The molecule has 0 fully saturated rings. The summed E-state index contributed by atoms with van der Waals surface area (Å²) in [6, 6.07) is 6.16. The van der Waals surface area contributed by atoms with Gasteiger partial charge in [0.1, 0.15) is 10.6 Å². The van der Waals surface area contributed by atoms with E-state index in [4.69, 9.17) is 12.2 Å². The first-order chi connectivity index (χ1) is 13.0. The molecule has 2 aromatic heterocycles. The average molecular weight is 422 g/mol. The number of hydrogen-bond acceptors (Lipinski definition) is 5. The molecule has 0 aliphatic heterocycles. The molecule has 0 unspecified atom stereocenters. The van der Waals surface area contributed by atoms with Crippen molar-refractivity contribution < 1.29 is 9.18 Å². The smallest absolute Gasteiger partial charge is 0.282 e. The van der Waals surface area contributed by atoms with Crippen LogP contribution in [0, 0.1) is 10.6 Å². The van der Waals surface area contributed by atoms with Gasteiger partial charge in [-0.3, -0.25) is 15.0 Å². The van der Waals surface area contributed by atoms with Crippen molar-refractivity contribution in [1.82, 2.24) is 9.66 Å². The van der Waals surface area contributed by atoms with Crippen LogP contribution in [0.2, 0.25) is 0 Å². The number of halogens is 1. The lowest BCUT2D eigenvalue weighted by Crippen LogP contribution is -2.35. The van der Waals surface area contributed by atoms with E-state index in [-0.39, 0.29) is 27.8 Å². The highest BCUT2D eigenvalue weighted by Crippen LogP contribution is 2.34. The summed E-state index contributed by atoms with van der Waals surface area (Å²) < 4.78 is 14.2. The fourth-order valence-electron chi connectivity index (χ4n) is 3.18. The monoisotopic (exact) mass is 421 g/mol. The molecule has 140 valence electrons. The molecule has 1 aliphatic rings. The molecule has 2 N–H and O–H groups in total. The van der Waals surface area contributed by atoms with Gasteiger partial charge in [-0.25, -0.2) is 4.39 Å². The van der Waals surface area contributed by atoms with E-state index in [0.29, 0.717) is 11.1 Å². The molecular weight excluding hydrogens is 405 g/mol. The Morgan fingerprint density at radius 1 is 1.33 bits per heavy atom. The topological polar surface area (TPSA) is 66.9 Å². The standard InChI is InChI=1S/C18H16FN3O2S3/c19-11-6-4-10(5-7-11)8-26-9-14(23)21-22-17(24)15-12-2-1-3-13(12)27-16(15)20-18(22)25/h4-7H,1-3,8-9H2,(H,20,25)(H,21,23). The van der Waals surface area contributed by atoms with Crippen molar-refractivity contribution >= 4 is 51.4 Å². The number of rotatable bonds is 5. The number of H-pyrrole nitrogens is 1. The zero-order valence-corrected chi connectivity index (χ0v) is 16.7. The second-order valence-corrected chi connectivity index (χ2v) is 8.76. The first kappa shape index (κ1) is 18.4. The summed E-state index contributed by atoms with van der Waals surface area (Å²) in [5, 5.41) is 0.639. The van der Waals surface area contributed by atoms with Gasteiger partial charge in [-0.1, -0.05) is 12.1 Å². The molecule has 1 amide bonds. The van der Waals surface area contributed by atoms with Crippen LogP contribution >= 0.6 is 35.3 Å². The minimum Gasteiger partial charge on any atom is -0.322 e. The van der Waals surface area contributed by atoms with E-state index in [2.05, 4.69) is 10.4 Å². The summed E-state index contributed by atoms with van der Waals surface area (Å²) in [4.78, 5) is 30.2. The van der Waals surface area contributed by atoms with Gasteiger partial charge in [0.25, 0.3) is 5.56 Å². The molecule has 0 spiro atoms. The number of nitrogens with zero attached hydrogens (tertiary/aromatic N) is 1. The number of hydrogen-bond donors (Lipinski definition) is 2. The predicted molar refractivity (Wildman–Crippen MR) is 110 cm³/mol. The number of aromatic nitrogens is 2. The van der Waals surface area contributed by atoms with Crippen LogP contribution in [0.25, 0.3) is 10.2 Å². The van der Waals surface area contributed by atoms with Gasteiger partial charge in [0, 0.05) is 10.6 Å². The van der Waals surface area contributed by atoms with Crippen LogP contribution in [0.15, 0.2) is 29.1 Å². The molecule has 0 atom stereocenters. The van der Waals surface area contributed by atoms with Crippen molar-refractivity contribution in [3.8, 4) is 0 Å². The van der Waals surface area contributed by atoms with E-state index in [0.717, 1.165) is 39.9 Å². The highest BCUT2D eigenvalue weighted by Gasteiger charge is 2.21. The Hall–Kier alpha value is -1.97. The maximum absolute atomic E-state index is 12.9. The summed E-state index contributed by atoms with van der Waals surface area (Å²) in [6.07, 6.45) is 2.93. The Kier molecular flexibility index (Phi) is 5.16. The zero-order chi connectivity index (χ0) is 19.0. The number of benzene rings is 1. The number of thioether (sulfide) groups is 1. The van der Waals surface area contributed by atoms with Crippen LogP contribution in [-0.4, -0.2) is 21.3 Å². The highest BCUT2D eigenvalue weighted by atomic mass is 32.2. The van der Waals surface area contributed by atoms with Crippen LogP contribution in [0.5, 0.6) is 0 Å². The molecular formula is C18H16FN3O2S3. The zero-order valence-electron chi connectivity index (χ0n) is 14.2. The number of fused-ring (bicyclic) bond motifs is 3. The summed E-state index contributed by atoms with van der Waals surface area (Å²) in [7, 11) is 0. The predicted octanol–water partition coefficient (Wildman–Crippen LogP) is 3.75. The third-order valence-electron chi connectivity index (χ3n) is 4.41. The van der Waals surface area contributed by atoms with Gasteiger partial charge in [-0.2, -0.15) is 4.68 Å². The van der Waals surface area contributed by atoms with Crippen LogP contribution in [0.4, 0.5) is 4.39 Å². The number of amides is 1. The van der Waals surface area contributed by atoms with Gasteiger partial charge in [0.2, 0.25) is 10.7 Å². The summed E-state index contributed by atoms with van der Waals surface area (Å²) >= 11 is 8.21. The van der Waals surface area contributed by atoms with Crippen molar-refractivity contribution in [1.29, 1.82) is 0 Å². The fraction of sp³-hybridized carbons (Fsp3) is 0.278. The lowest BCUT2D eigenvalue weighted by Gasteiger charge is -2.09. The molecule has 0 saturated carbocycles. The van der Waals surface area contributed by atoms with E-state index in [9.17, 15) is 14.0 Å². The first-order valence-corrected chi connectivity index (χ1v) is 10.8. The summed E-state index contributed by atoms with van der Waals surface area (Å²) in [5.41, 5.74) is 4.34. The Morgan fingerprint density at radius 2 is 2.11 bits per heavy atom. The van der Waals surface area contributed by atoms with Crippen LogP contribution in [-0.2, 0) is 23.4 Å². The Balaban J connectivity index is 1.48. The van der Waals surface area contributed by atoms with Gasteiger partial charge < -0.3 is 4.98 Å². The number of aromatic amines is 1. The fourth-order valence-corrected chi connectivity index (χ4v) is 5.53. The molecule has 27 heavy (non-hydrogen) atoms. The Bertz CT molecular complexity index is 1130. The Labute approximate surface area is 167 Å². The molecule has 4 rings (SSSR count). The molecule has 9 heteroatoms. The molecule has 0 radical (unpaired) electrons. The van der Waals surface area contributed by atoms with Crippen molar-refractivity contribution in [2.45, 2.75) is 25.0 Å². The summed E-state index contributed by atoms with van der Waals surface area (Å²) in [6.45, 7) is 0. The molecule has 2 heterocycles. The van der Waals surface area contributed by atoms with Crippen molar-refractivity contribution in [2.75, 3.05) is 11.2 Å². The molecule has 1 aromatic carbocycles. The van der Waals surface area contributed by atoms with Crippen LogP contribution in [0.1, 0.15) is 22.4 Å². The first-order valence-electron chi connectivity index (χ1n) is 8.44. The largest absolute Gasteiger partial charge is 0.322 e. The normalized spacial score (nSPS) is 13.1. The van der Waals surface area contributed by atoms with Crippen LogP contribution in [0.3, 0.4) is 0 Å². The Morgan fingerprint density at radius 3 is 2.89 bits per heavy atom. The second-order valence-electron chi connectivity index (χ2n) is 6.29. The van der Waals surface area contributed by atoms with E-state index < -0.39 is 0 Å². The number of carbonyl (C=O) groups is 1. The minimum atomic E-state index is -0.310. The number of thiophene rings is 1. The molecule has 0 saturated heterocycles. The number of nitrogens with one attached hydrogen (secondary N) is 2. The average Bonchev–Trinajstić information content (AvgIpc) is 3.21. The van der Waals surface area contributed by atoms with Crippen molar-refractivity contribution in [3.05, 3.63) is 61.2 Å². The lowest BCUT2D eigenvalue weighted by atomic mass is 10.2. The van der Waals surface area contributed by atoms with Crippen molar-refractivity contribution in [3.63, 3.8) is 0 Å². The maximum Gasteiger partial charge on any atom is 0.282 e. The van der Waals surface area contributed by atoms with E-state index in [1.54, 1.807) is 23.5 Å². The van der Waals surface area contributed by atoms with Gasteiger partial charge in [0.15, 0.2) is 0 Å². The number of aryl methyl sites for hydroxylation is 2. The van der Waals surface area contributed by atoms with Gasteiger partial charge in [-0.05, 0) is 54.7 Å². The molecule has 0 bridgehead atoms. The quantitative estimate of drug-likeness (QED) is 0.616. The van der Waals surface area contributed by atoms with Gasteiger partial charge in [-0.15, -0.1) is 23.1 Å². The molecule has 1 aliphatic carbocycles. The third kappa shape index (κ3) is 3.71. The summed E-state index contributed by atoms with van der Waals surface area (Å²) in [5.74, 6) is 0.144.